The summed E-state index contributed by atoms with van der Waals surface area (Å²) in [4.78, 5) is 10.3. The van der Waals surface area contributed by atoms with Crippen LogP contribution in [0, 0.1) is 0 Å². The third-order valence-electron chi connectivity index (χ3n) is 2.54. The monoisotopic (exact) mass is 283 g/mol. The standard InChI is InChI=1S/C14H18ClNO3/c15-12-6-7-13(17)11(10-12)4-3-9-16-8-2-1-5-14(18)19/h3-4,6-7,10,16-17H,1-2,5,8-9H2,(H,18,19). The largest absolute Gasteiger partial charge is 0.507 e. The van der Waals surface area contributed by atoms with E-state index in [1.54, 1.807) is 24.3 Å². The Morgan fingerprint density at radius 1 is 1.37 bits per heavy atom. The lowest BCUT2D eigenvalue weighted by Gasteiger charge is -2.01. The molecule has 0 aliphatic rings. The maximum atomic E-state index is 10.3. The molecule has 1 rings (SSSR count). The fraction of sp³-hybridized carbons (Fsp3) is 0.357. The molecular formula is C14H18ClNO3. The van der Waals surface area contributed by atoms with E-state index in [-0.39, 0.29) is 12.2 Å². The van der Waals surface area contributed by atoms with Crippen LogP contribution in [0.3, 0.4) is 0 Å². The molecule has 0 aliphatic heterocycles. The Morgan fingerprint density at radius 3 is 2.89 bits per heavy atom. The topological polar surface area (TPSA) is 69.6 Å². The summed E-state index contributed by atoms with van der Waals surface area (Å²) in [6.07, 6.45) is 5.42. The molecule has 0 aromatic heterocycles. The van der Waals surface area contributed by atoms with Crippen molar-refractivity contribution in [3.63, 3.8) is 0 Å². The van der Waals surface area contributed by atoms with Crippen molar-refractivity contribution in [3.05, 3.63) is 34.9 Å². The molecular weight excluding hydrogens is 266 g/mol. The number of carboxylic acid groups (broad SMARTS) is 1. The first-order valence-electron chi connectivity index (χ1n) is 6.17. The highest BCUT2D eigenvalue weighted by molar-refractivity contribution is 6.30. The van der Waals surface area contributed by atoms with Crippen LogP contribution in [-0.2, 0) is 4.79 Å². The second kappa shape index (κ2) is 8.56. The number of aliphatic carboxylic acids is 1. The van der Waals surface area contributed by atoms with Gasteiger partial charge in [0.2, 0.25) is 0 Å². The Morgan fingerprint density at radius 2 is 2.16 bits per heavy atom. The van der Waals surface area contributed by atoms with Crippen LogP contribution < -0.4 is 5.32 Å². The molecule has 0 radical (unpaired) electrons. The molecule has 0 amide bonds. The second-order valence-electron chi connectivity index (χ2n) is 4.16. The molecule has 0 unspecified atom stereocenters. The first-order chi connectivity index (χ1) is 9.09. The minimum Gasteiger partial charge on any atom is -0.507 e. The average Bonchev–Trinajstić information content (AvgIpc) is 2.36. The predicted molar refractivity (Wildman–Crippen MR) is 76.5 cm³/mol. The van der Waals surface area contributed by atoms with E-state index in [9.17, 15) is 9.90 Å². The summed E-state index contributed by atoms with van der Waals surface area (Å²) in [6, 6.07) is 4.89. The van der Waals surface area contributed by atoms with Gasteiger partial charge in [0.25, 0.3) is 0 Å². The molecule has 104 valence electrons. The molecule has 19 heavy (non-hydrogen) atoms. The molecule has 1 aromatic rings. The molecule has 0 atom stereocenters. The van der Waals surface area contributed by atoms with Gasteiger partial charge in [0.1, 0.15) is 5.75 Å². The van der Waals surface area contributed by atoms with Crippen molar-refractivity contribution in [1.29, 1.82) is 0 Å². The minimum absolute atomic E-state index is 0.196. The van der Waals surface area contributed by atoms with Gasteiger partial charge in [0, 0.05) is 23.6 Å². The van der Waals surface area contributed by atoms with Gasteiger partial charge in [-0.2, -0.15) is 0 Å². The summed E-state index contributed by atoms with van der Waals surface area (Å²) in [5.74, 6) is -0.557. The van der Waals surface area contributed by atoms with E-state index in [1.165, 1.54) is 0 Å². The van der Waals surface area contributed by atoms with E-state index >= 15 is 0 Å². The predicted octanol–water partition coefficient (Wildman–Crippen LogP) is 2.90. The number of benzene rings is 1. The van der Waals surface area contributed by atoms with Crippen molar-refractivity contribution in [2.45, 2.75) is 19.3 Å². The van der Waals surface area contributed by atoms with Crippen LogP contribution in [0.15, 0.2) is 24.3 Å². The molecule has 4 nitrogen and oxygen atoms in total. The van der Waals surface area contributed by atoms with Crippen molar-refractivity contribution >= 4 is 23.6 Å². The van der Waals surface area contributed by atoms with E-state index in [0.717, 1.165) is 13.0 Å². The maximum absolute atomic E-state index is 10.3. The number of halogens is 1. The van der Waals surface area contributed by atoms with Crippen LogP contribution in [-0.4, -0.2) is 29.3 Å². The van der Waals surface area contributed by atoms with Crippen LogP contribution in [0.5, 0.6) is 5.75 Å². The summed E-state index contributed by atoms with van der Waals surface area (Å²) in [5.41, 5.74) is 0.681. The lowest BCUT2D eigenvalue weighted by Crippen LogP contribution is -2.15. The number of aromatic hydroxyl groups is 1. The van der Waals surface area contributed by atoms with Crippen LogP contribution in [0.1, 0.15) is 24.8 Å². The van der Waals surface area contributed by atoms with Gasteiger partial charge in [0.05, 0.1) is 0 Å². The Labute approximate surface area is 117 Å². The molecule has 0 saturated carbocycles. The van der Waals surface area contributed by atoms with Gasteiger partial charge in [-0.3, -0.25) is 4.79 Å². The first kappa shape index (κ1) is 15.5. The van der Waals surface area contributed by atoms with Crippen LogP contribution in [0.4, 0.5) is 0 Å². The lowest BCUT2D eigenvalue weighted by molar-refractivity contribution is -0.137. The highest BCUT2D eigenvalue weighted by Crippen LogP contribution is 2.22. The zero-order chi connectivity index (χ0) is 14.1. The lowest BCUT2D eigenvalue weighted by atomic mass is 10.2. The molecule has 3 N–H and O–H groups in total. The normalized spacial score (nSPS) is 11.0. The van der Waals surface area contributed by atoms with Crippen molar-refractivity contribution in [1.82, 2.24) is 5.32 Å². The number of unbranched alkanes of at least 4 members (excludes halogenated alkanes) is 1. The highest BCUT2D eigenvalue weighted by atomic mass is 35.5. The number of hydrogen-bond donors (Lipinski definition) is 3. The van der Waals surface area contributed by atoms with Crippen molar-refractivity contribution in [3.8, 4) is 5.75 Å². The van der Waals surface area contributed by atoms with E-state index < -0.39 is 5.97 Å². The number of nitrogens with one attached hydrogen (secondary N) is 1. The van der Waals surface area contributed by atoms with Gasteiger partial charge in [-0.25, -0.2) is 0 Å². The second-order valence-corrected chi connectivity index (χ2v) is 4.60. The molecule has 0 heterocycles. The SMILES string of the molecule is O=C(O)CCCCNCC=Cc1cc(Cl)ccc1O. The molecule has 1 aromatic carbocycles. The van der Waals surface area contributed by atoms with E-state index in [2.05, 4.69) is 5.32 Å². The van der Waals surface area contributed by atoms with Crippen LogP contribution >= 0.6 is 11.6 Å². The maximum Gasteiger partial charge on any atom is 0.303 e. The molecule has 0 fully saturated rings. The third-order valence-corrected chi connectivity index (χ3v) is 2.78. The van der Waals surface area contributed by atoms with Gasteiger partial charge in [-0.1, -0.05) is 23.8 Å². The number of carbonyl (C=O) groups is 1. The first-order valence-corrected chi connectivity index (χ1v) is 6.55. The minimum atomic E-state index is -0.753. The van der Waals surface area contributed by atoms with Gasteiger partial charge in [0.15, 0.2) is 0 Å². The van der Waals surface area contributed by atoms with Gasteiger partial charge in [-0.05, 0) is 37.6 Å². The van der Waals surface area contributed by atoms with E-state index in [4.69, 9.17) is 16.7 Å². The van der Waals surface area contributed by atoms with Crippen LogP contribution in [0.2, 0.25) is 5.02 Å². The summed E-state index contributed by atoms with van der Waals surface area (Å²) < 4.78 is 0. The van der Waals surface area contributed by atoms with Crippen LogP contribution in [0.25, 0.3) is 6.08 Å². The molecule has 5 heteroatoms. The zero-order valence-electron chi connectivity index (χ0n) is 10.6. The Balaban J connectivity index is 2.20. The Kier molecular flexibility index (Phi) is 7.00. The Bertz CT molecular complexity index is 446. The number of phenolic OH excluding ortho intramolecular Hbond substituents is 1. The third kappa shape index (κ3) is 6.84. The van der Waals surface area contributed by atoms with Gasteiger partial charge < -0.3 is 15.5 Å². The fourth-order valence-corrected chi connectivity index (χ4v) is 1.74. The molecule has 0 spiro atoms. The van der Waals surface area contributed by atoms with Crippen molar-refractivity contribution in [2.24, 2.45) is 0 Å². The number of rotatable bonds is 8. The number of phenols is 1. The average molecular weight is 284 g/mol. The summed E-state index contributed by atoms with van der Waals surface area (Å²) in [7, 11) is 0. The summed E-state index contributed by atoms with van der Waals surface area (Å²) in [5, 5.41) is 21.8. The molecule has 0 bridgehead atoms. The number of hydrogen-bond acceptors (Lipinski definition) is 3. The van der Waals surface area contributed by atoms with Gasteiger partial charge >= 0.3 is 5.97 Å². The summed E-state index contributed by atoms with van der Waals surface area (Å²) >= 11 is 5.83. The van der Waals surface area contributed by atoms with Gasteiger partial charge in [-0.15, -0.1) is 0 Å². The smallest absolute Gasteiger partial charge is 0.303 e. The summed E-state index contributed by atoms with van der Waals surface area (Å²) in [6.45, 7) is 1.44. The fourth-order valence-electron chi connectivity index (χ4n) is 1.56. The van der Waals surface area contributed by atoms with Crippen molar-refractivity contribution in [2.75, 3.05) is 13.1 Å². The van der Waals surface area contributed by atoms with E-state index in [0.29, 0.717) is 23.6 Å². The van der Waals surface area contributed by atoms with E-state index in [1.807, 2.05) is 6.08 Å². The Hall–Kier alpha value is -1.52. The molecule has 0 aliphatic carbocycles. The quantitative estimate of drug-likeness (QED) is 0.642. The number of carboxylic acids is 1. The molecule has 0 saturated heterocycles. The van der Waals surface area contributed by atoms with Crippen molar-refractivity contribution < 1.29 is 15.0 Å². The zero-order valence-corrected chi connectivity index (χ0v) is 11.4. The highest BCUT2D eigenvalue weighted by Gasteiger charge is 1.97.